The second-order valence-corrected chi connectivity index (χ2v) is 9.31. The number of nitrogens with zero attached hydrogens (tertiary/aromatic N) is 5. The van der Waals surface area contributed by atoms with E-state index in [0.717, 1.165) is 54.1 Å². The van der Waals surface area contributed by atoms with Crippen LogP contribution in [0.3, 0.4) is 0 Å². The lowest BCUT2D eigenvalue weighted by Crippen LogP contribution is -2.38. The maximum atomic E-state index is 14.6. The van der Waals surface area contributed by atoms with Crippen molar-refractivity contribution in [3.63, 3.8) is 0 Å². The largest absolute Gasteiger partial charge is 0.423 e. The minimum absolute atomic E-state index is 0.168. The number of aryl methyl sites for hydroxylation is 1. The lowest BCUT2D eigenvalue weighted by Gasteiger charge is -2.30. The van der Waals surface area contributed by atoms with Crippen molar-refractivity contribution in [3.8, 4) is 11.4 Å². The number of piperidine rings is 1. The highest BCUT2D eigenvalue weighted by atomic mass is 19.1. The van der Waals surface area contributed by atoms with Gasteiger partial charge in [-0.05, 0) is 56.0 Å². The molecule has 1 amide bonds. The maximum Gasteiger partial charge on any atom is 0.298 e. The third-order valence-electron chi connectivity index (χ3n) is 7.01. The van der Waals surface area contributed by atoms with E-state index in [0.29, 0.717) is 31.9 Å². The Morgan fingerprint density at radius 1 is 1.03 bits per heavy atom. The van der Waals surface area contributed by atoms with Gasteiger partial charge < -0.3 is 19.2 Å². The number of aromatic nitrogens is 4. The fraction of sp³-hybridized carbons (Fsp3) is 0.385. The predicted octanol–water partition coefficient (Wildman–Crippen LogP) is 4.81. The van der Waals surface area contributed by atoms with E-state index in [2.05, 4.69) is 30.0 Å². The summed E-state index contributed by atoms with van der Waals surface area (Å²) in [4.78, 5) is 19.6. The Balaban J connectivity index is 1.14. The number of halogens is 1. The van der Waals surface area contributed by atoms with Gasteiger partial charge in [-0.1, -0.05) is 18.6 Å². The summed E-state index contributed by atoms with van der Waals surface area (Å²) >= 11 is 0. The van der Waals surface area contributed by atoms with Crippen LogP contribution in [0.5, 0.6) is 0 Å². The molecule has 2 aliphatic heterocycles. The molecule has 0 radical (unpaired) electrons. The molecule has 180 valence electrons. The van der Waals surface area contributed by atoms with E-state index < -0.39 is 5.82 Å². The van der Waals surface area contributed by atoms with Crippen molar-refractivity contribution >= 4 is 28.7 Å². The van der Waals surface area contributed by atoms with Crippen molar-refractivity contribution in [1.29, 1.82) is 0 Å². The van der Waals surface area contributed by atoms with E-state index >= 15 is 0 Å². The number of hydrogen-bond acceptors (Lipinski definition) is 6. The van der Waals surface area contributed by atoms with Gasteiger partial charge in [0.1, 0.15) is 17.2 Å². The van der Waals surface area contributed by atoms with Crippen LogP contribution in [0.2, 0.25) is 0 Å². The molecule has 2 aliphatic rings. The van der Waals surface area contributed by atoms with Gasteiger partial charge in [0.25, 0.3) is 6.01 Å². The third kappa shape index (κ3) is 4.26. The van der Waals surface area contributed by atoms with Crippen molar-refractivity contribution < 1.29 is 13.6 Å². The van der Waals surface area contributed by atoms with Crippen LogP contribution in [0.4, 0.5) is 16.1 Å². The SMILES string of the molecule is O=C(Nc1cc(-c2nnc3n2CCCCC3)ccc1F)C1CCN(c2nc3ccccc3o2)CC1. The lowest BCUT2D eigenvalue weighted by molar-refractivity contribution is -0.120. The molecule has 6 rings (SSSR count). The van der Waals surface area contributed by atoms with Crippen molar-refractivity contribution in [2.45, 2.75) is 45.1 Å². The summed E-state index contributed by atoms with van der Waals surface area (Å²) in [6.45, 7) is 2.16. The number of carbonyl (C=O) groups excluding carboxylic acids is 1. The molecule has 9 heteroatoms. The molecule has 4 heterocycles. The van der Waals surface area contributed by atoms with Gasteiger partial charge in [-0.15, -0.1) is 10.2 Å². The molecule has 0 spiro atoms. The molecule has 1 saturated heterocycles. The summed E-state index contributed by atoms with van der Waals surface area (Å²) in [6, 6.07) is 13.0. The quantitative estimate of drug-likeness (QED) is 0.457. The van der Waals surface area contributed by atoms with E-state index in [1.165, 1.54) is 12.5 Å². The Morgan fingerprint density at radius 2 is 1.89 bits per heavy atom. The van der Waals surface area contributed by atoms with Crippen LogP contribution < -0.4 is 10.2 Å². The van der Waals surface area contributed by atoms with Crippen LogP contribution in [0.15, 0.2) is 46.9 Å². The third-order valence-corrected chi connectivity index (χ3v) is 7.01. The highest BCUT2D eigenvalue weighted by molar-refractivity contribution is 5.93. The van der Waals surface area contributed by atoms with Crippen LogP contribution in [0, 0.1) is 11.7 Å². The first-order chi connectivity index (χ1) is 17.2. The molecule has 8 nitrogen and oxygen atoms in total. The summed E-state index contributed by atoms with van der Waals surface area (Å²) in [5.41, 5.74) is 2.51. The van der Waals surface area contributed by atoms with Gasteiger partial charge in [0.05, 0.1) is 5.69 Å². The van der Waals surface area contributed by atoms with Gasteiger partial charge in [-0.3, -0.25) is 4.79 Å². The molecule has 2 aromatic heterocycles. The molecular formula is C26H27FN6O2. The van der Waals surface area contributed by atoms with E-state index in [-0.39, 0.29) is 17.5 Å². The zero-order valence-corrected chi connectivity index (χ0v) is 19.4. The first-order valence-corrected chi connectivity index (χ1v) is 12.3. The fourth-order valence-corrected chi connectivity index (χ4v) is 5.02. The number of fused-ring (bicyclic) bond motifs is 2. The molecule has 4 aromatic rings. The van der Waals surface area contributed by atoms with Gasteiger partial charge in [0.15, 0.2) is 11.4 Å². The number of rotatable bonds is 4. The molecule has 35 heavy (non-hydrogen) atoms. The van der Waals surface area contributed by atoms with Crippen molar-refractivity contribution in [2.24, 2.45) is 5.92 Å². The van der Waals surface area contributed by atoms with Crippen LogP contribution in [0.1, 0.15) is 37.9 Å². The zero-order chi connectivity index (χ0) is 23.8. The van der Waals surface area contributed by atoms with Gasteiger partial charge in [0, 0.05) is 37.5 Å². The number of hydrogen-bond donors (Lipinski definition) is 1. The Morgan fingerprint density at radius 3 is 2.74 bits per heavy atom. The first kappa shape index (κ1) is 21.8. The molecule has 1 fully saturated rings. The topological polar surface area (TPSA) is 89.1 Å². The highest BCUT2D eigenvalue weighted by Gasteiger charge is 2.28. The number of oxazole rings is 1. The number of para-hydroxylation sites is 2. The number of amides is 1. The Kier molecular flexibility index (Phi) is 5.67. The second kappa shape index (κ2) is 9.13. The van der Waals surface area contributed by atoms with Crippen LogP contribution in [0.25, 0.3) is 22.5 Å². The van der Waals surface area contributed by atoms with E-state index in [4.69, 9.17) is 4.42 Å². The summed E-state index contributed by atoms with van der Waals surface area (Å²) in [5, 5.41) is 11.5. The number of benzene rings is 2. The lowest BCUT2D eigenvalue weighted by atomic mass is 9.96. The molecule has 2 aromatic carbocycles. The van der Waals surface area contributed by atoms with Crippen molar-refractivity contribution in [2.75, 3.05) is 23.3 Å². The molecule has 0 atom stereocenters. The van der Waals surface area contributed by atoms with Crippen LogP contribution in [-0.4, -0.2) is 38.7 Å². The average Bonchev–Trinajstić information content (AvgIpc) is 3.43. The number of carbonyl (C=O) groups is 1. The standard InChI is InChI=1S/C26H27FN6O2/c27-19-10-9-18(24-31-30-23-8-2-1-5-13-33(23)24)16-21(19)28-25(34)17-11-14-32(15-12-17)26-29-20-6-3-4-7-22(20)35-26/h3-4,6-7,9-10,16-17H,1-2,5,8,11-15H2,(H,28,34). The summed E-state index contributed by atoms with van der Waals surface area (Å²) in [7, 11) is 0. The molecule has 0 bridgehead atoms. The molecule has 0 aliphatic carbocycles. The first-order valence-electron chi connectivity index (χ1n) is 12.3. The summed E-state index contributed by atoms with van der Waals surface area (Å²) < 4.78 is 22.6. The highest BCUT2D eigenvalue weighted by Crippen LogP contribution is 2.29. The van der Waals surface area contributed by atoms with Crippen molar-refractivity contribution in [3.05, 3.63) is 54.1 Å². The molecular weight excluding hydrogens is 447 g/mol. The van der Waals surface area contributed by atoms with E-state index in [1.54, 1.807) is 12.1 Å². The number of nitrogens with one attached hydrogen (secondary N) is 1. The van der Waals surface area contributed by atoms with Crippen molar-refractivity contribution in [1.82, 2.24) is 19.7 Å². The molecule has 0 unspecified atom stereocenters. The van der Waals surface area contributed by atoms with Crippen LogP contribution >= 0.6 is 0 Å². The summed E-state index contributed by atoms with van der Waals surface area (Å²) in [6.07, 6.45) is 5.53. The normalized spacial score (nSPS) is 16.8. The minimum atomic E-state index is -0.457. The average molecular weight is 475 g/mol. The Hall–Kier alpha value is -3.75. The van der Waals surface area contributed by atoms with E-state index in [1.807, 2.05) is 24.3 Å². The summed E-state index contributed by atoms with van der Waals surface area (Å²) in [5.74, 6) is 0.866. The maximum absolute atomic E-state index is 14.6. The van der Waals surface area contributed by atoms with Gasteiger partial charge >= 0.3 is 0 Å². The van der Waals surface area contributed by atoms with Crippen LogP contribution in [-0.2, 0) is 17.8 Å². The van der Waals surface area contributed by atoms with Gasteiger partial charge in [-0.25, -0.2) is 4.39 Å². The Bertz CT molecular complexity index is 1340. The van der Waals surface area contributed by atoms with Gasteiger partial charge in [-0.2, -0.15) is 4.98 Å². The monoisotopic (exact) mass is 474 g/mol. The second-order valence-electron chi connectivity index (χ2n) is 9.31. The van der Waals surface area contributed by atoms with Gasteiger partial charge in [0.2, 0.25) is 5.91 Å². The van der Waals surface area contributed by atoms with E-state index in [9.17, 15) is 9.18 Å². The minimum Gasteiger partial charge on any atom is -0.423 e. The smallest absolute Gasteiger partial charge is 0.298 e. The number of anilines is 2. The predicted molar refractivity (Wildman–Crippen MR) is 131 cm³/mol. The molecule has 1 N–H and O–H groups in total. The Labute approximate surface area is 202 Å². The zero-order valence-electron chi connectivity index (χ0n) is 19.4. The molecule has 0 saturated carbocycles. The fourth-order valence-electron chi connectivity index (χ4n) is 5.02.